The van der Waals surface area contributed by atoms with E-state index in [2.05, 4.69) is 13.2 Å². The zero-order valence-electron chi connectivity index (χ0n) is 19.2. The van der Waals surface area contributed by atoms with E-state index in [0.717, 1.165) is 18.2 Å². The van der Waals surface area contributed by atoms with Crippen molar-refractivity contribution >= 4 is 33.9 Å². The SMILES string of the molecule is C=C(C)C(=O)OCCCc1ccc2c(oc3c(C(F)(F)F)c(OC(=O)C(=C)C)ccc32)c1C(F)(F)F. The molecule has 0 fully saturated rings. The maximum absolute atomic E-state index is 14.1. The normalized spacial score (nSPS) is 12.1. The number of benzene rings is 2. The van der Waals surface area contributed by atoms with Crippen LogP contribution in [0.3, 0.4) is 0 Å². The van der Waals surface area contributed by atoms with Crippen LogP contribution >= 0.6 is 0 Å². The highest BCUT2D eigenvalue weighted by molar-refractivity contribution is 6.08. The highest BCUT2D eigenvalue weighted by atomic mass is 19.4. The summed E-state index contributed by atoms with van der Waals surface area (Å²) in [7, 11) is 0. The van der Waals surface area contributed by atoms with Crippen LogP contribution in [0, 0.1) is 0 Å². The van der Waals surface area contributed by atoms with E-state index in [1.165, 1.54) is 19.9 Å². The number of esters is 2. The van der Waals surface area contributed by atoms with Crippen molar-refractivity contribution in [3.05, 3.63) is 65.3 Å². The first-order chi connectivity index (χ1) is 16.6. The maximum Gasteiger partial charge on any atom is 0.423 e. The quantitative estimate of drug-likeness (QED) is 0.110. The van der Waals surface area contributed by atoms with Crippen molar-refractivity contribution in [1.82, 2.24) is 0 Å². The second kappa shape index (κ2) is 9.71. The van der Waals surface area contributed by atoms with Gasteiger partial charge in [-0.2, -0.15) is 26.3 Å². The summed E-state index contributed by atoms with van der Waals surface area (Å²) < 4.78 is 98.9. The van der Waals surface area contributed by atoms with Crippen LogP contribution in [0.15, 0.2) is 53.0 Å². The number of ether oxygens (including phenoxy) is 2. The van der Waals surface area contributed by atoms with Crippen molar-refractivity contribution < 1.29 is 49.8 Å². The number of fused-ring (bicyclic) bond motifs is 3. The van der Waals surface area contributed by atoms with Crippen molar-refractivity contribution in [2.24, 2.45) is 0 Å². The van der Waals surface area contributed by atoms with Crippen molar-refractivity contribution in [3.8, 4) is 5.75 Å². The molecule has 0 saturated carbocycles. The molecule has 0 bridgehead atoms. The molecule has 0 radical (unpaired) electrons. The Labute approximate surface area is 200 Å². The third kappa shape index (κ3) is 5.39. The molecule has 36 heavy (non-hydrogen) atoms. The second-order valence-electron chi connectivity index (χ2n) is 8.08. The molecule has 0 aliphatic carbocycles. The van der Waals surface area contributed by atoms with Crippen LogP contribution in [-0.4, -0.2) is 18.5 Å². The minimum atomic E-state index is -5.12. The zero-order chi connectivity index (χ0) is 27.0. The Morgan fingerprint density at radius 1 is 0.833 bits per heavy atom. The van der Waals surface area contributed by atoms with Crippen LogP contribution in [0.1, 0.15) is 37.0 Å². The molecule has 5 nitrogen and oxygen atoms in total. The third-order valence-electron chi connectivity index (χ3n) is 5.15. The standard InChI is InChI=1S/C25H20F6O5/c1-12(2)22(32)34-11-5-6-14-7-8-15-16-9-10-17(35-23(33)13(3)4)19(25(29,30)31)21(16)36-20(15)18(14)24(26,27)28/h7-10H,1,3,5-6,11H2,2,4H3. The van der Waals surface area contributed by atoms with Gasteiger partial charge in [0.05, 0.1) is 6.61 Å². The lowest BCUT2D eigenvalue weighted by atomic mass is 9.98. The van der Waals surface area contributed by atoms with Crippen molar-refractivity contribution in [2.75, 3.05) is 6.61 Å². The van der Waals surface area contributed by atoms with Crippen LogP contribution in [0.2, 0.25) is 0 Å². The van der Waals surface area contributed by atoms with Gasteiger partial charge in [-0.05, 0) is 44.4 Å². The molecule has 3 aromatic rings. The fourth-order valence-corrected chi connectivity index (χ4v) is 3.54. The van der Waals surface area contributed by atoms with Crippen molar-refractivity contribution in [1.29, 1.82) is 0 Å². The lowest BCUT2D eigenvalue weighted by molar-refractivity contribution is -0.141. The molecule has 2 aromatic carbocycles. The minimum absolute atomic E-state index is 0.0165. The van der Waals surface area contributed by atoms with E-state index >= 15 is 0 Å². The lowest BCUT2D eigenvalue weighted by Crippen LogP contribution is -2.14. The van der Waals surface area contributed by atoms with Gasteiger partial charge in [0.2, 0.25) is 0 Å². The lowest BCUT2D eigenvalue weighted by Gasteiger charge is -2.13. The van der Waals surface area contributed by atoms with Crippen LogP contribution in [-0.2, 0) is 33.1 Å². The van der Waals surface area contributed by atoms with Gasteiger partial charge in [0, 0.05) is 21.9 Å². The summed E-state index contributed by atoms with van der Waals surface area (Å²) in [5, 5.41) is -0.432. The summed E-state index contributed by atoms with van der Waals surface area (Å²) in [6, 6.07) is 4.31. The zero-order valence-corrected chi connectivity index (χ0v) is 19.2. The van der Waals surface area contributed by atoms with Gasteiger partial charge in [-0.3, -0.25) is 0 Å². The highest BCUT2D eigenvalue weighted by Crippen LogP contribution is 2.47. The molecule has 0 spiro atoms. The van der Waals surface area contributed by atoms with E-state index in [1.807, 2.05) is 0 Å². The number of carbonyl (C=O) groups excluding carboxylic acids is 2. The fourth-order valence-electron chi connectivity index (χ4n) is 3.54. The molecular weight excluding hydrogens is 494 g/mol. The minimum Gasteiger partial charge on any atom is -0.462 e. The fraction of sp³-hybridized carbons (Fsp3) is 0.280. The smallest absolute Gasteiger partial charge is 0.423 e. The summed E-state index contributed by atoms with van der Waals surface area (Å²) in [6.07, 6.45) is -10.3. The number of alkyl halides is 6. The monoisotopic (exact) mass is 514 g/mol. The predicted octanol–water partition coefficient (Wildman–Crippen LogP) is 7.16. The van der Waals surface area contributed by atoms with Crippen LogP contribution < -0.4 is 4.74 Å². The van der Waals surface area contributed by atoms with Crippen LogP contribution in [0.25, 0.3) is 21.9 Å². The van der Waals surface area contributed by atoms with Crippen molar-refractivity contribution in [2.45, 2.75) is 39.0 Å². The molecule has 11 heteroatoms. The summed E-state index contributed by atoms with van der Waals surface area (Å²) in [4.78, 5) is 23.3. The Morgan fingerprint density at radius 2 is 1.36 bits per heavy atom. The van der Waals surface area contributed by atoms with E-state index in [9.17, 15) is 35.9 Å². The molecule has 0 aliphatic rings. The second-order valence-corrected chi connectivity index (χ2v) is 8.08. The van der Waals surface area contributed by atoms with E-state index in [0.29, 0.717) is 0 Å². The third-order valence-corrected chi connectivity index (χ3v) is 5.15. The first kappa shape index (κ1) is 26.8. The Kier molecular flexibility index (Phi) is 7.24. The molecule has 0 aliphatic heterocycles. The number of carbonyl (C=O) groups is 2. The van der Waals surface area contributed by atoms with Gasteiger partial charge in [0.1, 0.15) is 22.5 Å². The van der Waals surface area contributed by atoms with E-state index in [-0.39, 0.29) is 46.9 Å². The number of rotatable bonds is 7. The number of halogens is 6. The molecule has 0 unspecified atom stereocenters. The molecule has 192 valence electrons. The van der Waals surface area contributed by atoms with E-state index in [1.54, 1.807) is 0 Å². The summed E-state index contributed by atoms with van der Waals surface area (Å²) in [5.41, 5.74) is -4.74. The topological polar surface area (TPSA) is 65.7 Å². The van der Waals surface area contributed by atoms with Gasteiger partial charge in [-0.15, -0.1) is 0 Å². The van der Waals surface area contributed by atoms with Gasteiger partial charge >= 0.3 is 24.3 Å². The highest BCUT2D eigenvalue weighted by Gasteiger charge is 2.41. The van der Waals surface area contributed by atoms with Gasteiger partial charge in [0.25, 0.3) is 0 Å². The molecule has 1 heterocycles. The number of aryl methyl sites for hydroxylation is 1. The molecule has 0 N–H and O–H groups in total. The summed E-state index contributed by atoms with van der Waals surface area (Å²) in [5.74, 6) is -2.75. The van der Waals surface area contributed by atoms with Crippen molar-refractivity contribution in [3.63, 3.8) is 0 Å². The first-order valence-electron chi connectivity index (χ1n) is 10.5. The number of hydrogen-bond acceptors (Lipinski definition) is 5. The molecule has 0 atom stereocenters. The number of hydrogen-bond donors (Lipinski definition) is 0. The van der Waals surface area contributed by atoms with Crippen LogP contribution in [0.4, 0.5) is 26.3 Å². The Bertz CT molecular complexity index is 1380. The van der Waals surface area contributed by atoms with E-state index in [4.69, 9.17) is 13.9 Å². The predicted molar refractivity (Wildman–Crippen MR) is 118 cm³/mol. The molecule has 0 amide bonds. The van der Waals surface area contributed by atoms with Gasteiger partial charge in [-0.25, -0.2) is 9.59 Å². The molecular formula is C25H20F6O5. The average molecular weight is 514 g/mol. The summed E-state index contributed by atoms with van der Waals surface area (Å²) in [6.45, 7) is 9.16. The Hall–Kier alpha value is -3.76. The molecule has 0 saturated heterocycles. The van der Waals surface area contributed by atoms with E-state index < -0.39 is 52.3 Å². The number of furan rings is 1. The first-order valence-corrected chi connectivity index (χ1v) is 10.5. The van der Waals surface area contributed by atoms with Gasteiger partial charge in [0.15, 0.2) is 5.58 Å². The van der Waals surface area contributed by atoms with Crippen LogP contribution in [0.5, 0.6) is 5.75 Å². The molecule has 3 rings (SSSR count). The Balaban J connectivity index is 2.16. The Morgan fingerprint density at radius 3 is 1.89 bits per heavy atom. The maximum atomic E-state index is 14.1. The largest absolute Gasteiger partial charge is 0.462 e. The average Bonchev–Trinajstić information content (AvgIpc) is 3.11. The molecule has 1 aromatic heterocycles. The summed E-state index contributed by atoms with van der Waals surface area (Å²) >= 11 is 0. The van der Waals surface area contributed by atoms with Gasteiger partial charge in [-0.1, -0.05) is 25.3 Å². The van der Waals surface area contributed by atoms with Gasteiger partial charge < -0.3 is 13.9 Å².